The van der Waals surface area contributed by atoms with Gasteiger partial charge in [-0.05, 0) is 0 Å². The zero-order valence-corrected chi connectivity index (χ0v) is 9.80. The van der Waals surface area contributed by atoms with E-state index < -0.39 is 12.1 Å². The Morgan fingerprint density at radius 3 is 2.76 bits per heavy atom. The molecule has 1 amide bonds. The second-order valence-electron chi connectivity index (χ2n) is 3.69. The highest BCUT2D eigenvalue weighted by Gasteiger charge is 2.28. The summed E-state index contributed by atoms with van der Waals surface area (Å²) in [6.45, 7) is 0.389. The highest BCUT2D eigenvalue weighted by Crippen LogP contribution is 2.08. The molecular weight excluding hydrogens is 230 g/mol. The minimum Gasteiger partial charge on any atom is -0.469 e. The van der Waals surface area contributed by atoms with Crippen LogP contribution in [0.15, 0.2) is 0 Å². The van der Waals surface area contributed by atoms with E-state index in [2.05, 4.69) is 4.74 Å². The first-order valence-corrected chi connectivity index (χ1v) is 5.11. The summed E-state index contributed by atoms with van der Waals surface area (Å²) < 4.78 is 14.3. The Hall–Kier alpha value is -1.63. The van der Waals surface area contributed by atoms with Crippen LogP contribution in [0, 0.1) is 0 Å². The largest absolute Gasteiger partial charge is 0.469 e. The van der Waals surface area contributed by atoms with Crippen molar-refractivity contribution < 1.29 is 28.6 Å². The number of nitrogens with zero attached hydrogens (tertiary/aromatic N) is 1. The highest BCUT2D eigenvalue weighted by molar-refractivity contribution is 5.96. The smallest absolute Gasteiger partial charge is 0.410 e. The molecule has 96 valence electrons. The van der Waals surface area contributed by atoms with Crippen LogP contribution in [0.2, 0.25) is 0 Å². The fourth-order valence-corrected chi connectivity index (χ4v) is 1.32. The first-order chi connectivity index (χ1) is 8.02. The van der Waals surface area contributed by atoms with Gasteiger partial charge in [-0.1, -0.05) is 0 Å². The highest BCUT2D eigenvalue weighted by atomic mass is 16.6. The molecule has 0 N–H and O–H groups in total. The number of likely N-dealkylation sites (N-methyl/N-ethyl adjacent to an activating group) is 1. The number of amides is 1. The van der Waals surface area contributed by atoms with Crippen molar-refractivity contribution in [2.45, 2.75) is 12.5 Å². The maximum absolute atomic E-state index is 11.2. The van der Waals surface area contributed by atoms with Gasteiger partial charge in [0, 0.05) is 7.05 Å². The lowest BCUT2D eigenvalue weighted by molar-refractivity contribution is -0.144. The fraction of sp³-hybridized carbons (Fsp3) is 0.700. The van der Waals surface area contributed by atoms with Gasteiger partial charge in [-0.3, -0.25) is 9.59 Å². The number of hydrogen-bond donors (Lipinski definition) is 0. The molecule has 1 atom stereocenters. The summed E-state index contributed by atoms with van der Waals surface area (Å²) in [6.07, 6.45) is -1.07. The van der Waals surface area contributed by atoms with Gasteiger partial charge in [-0.25, -0.2) is 4.79 Å². The maximum atomic E-state index is 11.2. The van der Waals surface area contributed by atoms with Gasteiger partial charge in [0.25, 0.3) is 0 Å². The number of cyclic esters (lactones) is 1. The molecule has 1 aliphatic rings. The summed E-state index contributed by atoms with van der Waals surface area (Å²) in [7, 11) is 2.83. The monoisotopic (exact) mass is 245 g/mol. The van der Waals surface area contributed by atoms with E-state index in [0.717, 1.165) is 0 Å². The standard InChI is InChI=1S/C10H15NO6/c1-11-4-8(17-10(11)14)6-16-5-7(12)3-9(13)15-2/h8H,3-6H2,1-2H3. The zero-order chi connectivity index (χ0) is 12.8. The summed E-state index contributed by atoms with van der Waals surface area (Å²) in [5.74, 6) is -0.958. The van der Waals surface area contributed by atoms with Gasteiger partial charge in [-0.2, -0.15) is 0 Å². The van der Waals surface area contributed by atoms with E-state index in [1.807, 2.05) is 0 Å². The predicted octanol–water partition coefficient (Wildman–Crippen LogP) is -0.414. The summed E-state index contributed by atoms with van der Waals surface area (Å²) in [5, 5.41) is 0. The second kappa shape index (κ2) is 6.19. The molecular formula is C10H15NO6. The van der Waals surface area contributed by atoms with Crippen LogP contribution in [0.5, 0.6) is 0 Å². The van der Waals surface area contributed by atoms with Crippen molar-refractivity contribution in [2.75, 3.05) is 33.9 Å². The maximum Gasteiger partial charge on any atom is 0.410 e. The number of Topliss-reactive ketones (excluding diaryl/α,β-unsaturated/α-hetero) is 1. The van der Waals surface area contributed by atoms with Gasteiger partial charge >= 0.3 is 12.1 Å². The summed E-state index contributed by atoms with van der Waals surface area (Å²) >= 11 is 0. The van der Waals surface area contributed by atoms with Gasteiger partial charge in [0.2, 0.25) is 0 Å². The first-order valence-electron chi connectivity index (χ1n) is 5.11. The average molecular weight is 245 g/mol. The minimum absolute atomic E-state index is 0.142. The van der Waals surface area contributed by atoms with Gasteiger partial charge in [0.1, 0.15) is 19.1 Å². The van der Waals surface area contributed by atoms with Gasteiger partial charge in [0.05, 0.1) is 20.3 Å². The minimum atomic E-state index is -0.592. The van der Waals surface area contributed by atoms with Crippen LogP contribution in [0.3, 0.4) is 0 Å². The van der Waals surface area contributed by atoms with Crippen molar-refractivity contribution in [2.24, 2.45) is 0 Å². The zero-order valence-electron chi connectivity index (χ0n) is 9.80. The molecule has 1 fully saturated rings. The third-order valence-corrected chi connectivity index (χ3v) is 2.19. The Kier molecular flexibility index (Phi) is 4.89. The molecule has 7 nitrogen and oxygen atoms in total. The SMILES string of the molecule is COC(=O)CC(=O)COCC1CN(C)C(=O)O1. The molecule has 0 aromatic carbocycles. The molecule has 0 bridgehead atoms. The Morgan fingerprint density at radius 1 is 1.53 bits per heavy atom. The van der Waals surface area contributed by atoms with E-state index in [1.54, 1.807) is 7.05 Å². The van der Waals surface area contributed by atoms with Crippen LogP contribution < -0.4 is 0 Å². The van der Waals surface area contributed by atoms with Gasteiger partial charge in [-0.15, -0.1) is 0 Å². The number of carbonyl (C=O) groups is 3. The van der Waals surface area contributed by atoms with Gasteiger partial charge in [0.15, 0.2) is 5.78 Å². The molecule has 0 aromatic heterocycles. The molecule has 0 spiro atoms. The van der Waals surface area contributed by atoms with Crippen molar-refractivity contribution in [1.29, 1.82) is 0 Å². The number of esters is 1. The molecule has 0 saturated carbocycles. The third-order valence-electron chi connectivity index (χ3n) is 2.19. The molecule has 1 aliphatic heterocycles. The lowest BCUT2D eigenvalue weighted by Crippen LogP contribution is -2.24. The lowest BCUT2D eigenvalue weighted by Gasteiger charge is -2.08. The number of ether oxygens (including phenoxy) is 3. The van der Waals surface area contributed by atoms with Crippen LogP contribution in [0.25, 0.3) is 0 Å². The Bertz CT molecular complexity index is 316. The Balaban J connectivity index is 2.14. The van der Waals surface area contributed by atoms with E-state index in [9.17, 15) is 14.4 Å². The Morgan fingerprint density at radius 2 is 2.24 bits per heavy atom. The fourth-order valence-electron chi connectivity index (χ4n) is 1.32. The number of carbonyl (C=O) groups excluding carboxylic acids is 3. The summed E-state index contributed by atoms with van der Waals surface area (Å²) in [4.78, 5) is 34.3. The van der Waals surface area contributed by atoms with Gasteiger partial charge < -0.3 is 19.1 Å². The van der Waals surface area contributed by atoms with Crippen LogP contribution in [-0.4, -0.2) is 62.8 Å². The van der Waals surface area contributed by atoms with E-state index in [-0.39, 0.29) is 31.5 Å². The van der Waals surface area contributed by atoms with E-state index in [4.69, 9.17) is 9.47 Å². The van der Waals surface area contributed by atoms with Crippen molar-refractivity contribution in [3.05, 3.63) is 0 Å². The van der Waals surface area contributed by atoms with Crippen molar-refractivity contribution in [3.63, 3.8) is 0 Å². The topological polar surface area (TPSA) is 82.1 Å². The summed E-state index contributed by atoms with van der Waals surface area (Å²) in [6, 6.07) is 0. The number of ketones is 1. The summed E-state index contributed by atoms with van der Waals surface area (Å²) in [5.41, 5.74) is 0. The number of hydrogen-bond acceptors (Lipinski definition) is 6. The van der Waals surface area contributed by atoms with Crippen molar-refractivity contribution in [1.82, 2.24) is 4.90 Å². The van der Waals surface area contributed by atoms with E-state index in [1.165, 1.54) is 12.0 Å². The quantitative estimate of drug-likeness (QED) is 0.467. The molecule has 1 rings (SSSR count). The molecule has 17 heavy (non-hydrogen) atoms. The van der Waals surface area contributed by atoms with Crippen LogP contribution in [0.4, 0.5) is 4.79 Å². The molecule has 0 radical (unpaired) electrons. The van der Waals surface area contributed by atoms with Crippen LogP contribution in [0.1, 0.15) is 6.42 Å². The molecule has 1 heterocycles. The lowest BCUT2D eigenvalue weighted by atomic mass is 10.3. The van der Waals surface area contributed by atoms with E-state index in [0.29, 0.717) is 6.54 Å². The van der Waals surface area contributed by atoms with E-state index >= 15 is 0 Å². The predicted molar refractivity (Wildman–Crippen MR) is 55.4 cm³/mol. The first kappa shape index (κ1) is 13.4. The molecule has 1 saturated heterocycles. The van der Waals surface area contributed by atoms with Crippen LogP contribution >= 0.6 is 0 Å². The molecule has 0 aromatic rings. The second-order valence-corrected chi connectivity index (χ2v) is 3.69. The number of rotatable bonds is 6. The normalized spacial score (nSPS) is 19.1. The van der Waals surface area contributed by atoms with Crippen molar-refractivity contribution >= 4 is 17.8 Å². The molecule has 0 aliphatic carbocycles. The molecule has 7 heteroatoms. The number of methoxy groups -OCH3 is 1. The van der Waals surface area contributed by atoms with Crippen LogP contribution in [-0.2, 0) is 23.8 Å². The molecule has 1 unspecified atom stereocenters. The Labute approximate surface area is 98.6 Å². The average Bonchev–Trinajstić information content (AvgIpc) is 2.58. The van der Waals surface area contributed by atoms with Crippen molar-refractivity contribution in [3.8, 4) is 0 Å². The third kappa shape index (κ3) is 4.39.